The van der Waals surface area contributed by atoms with Crippen molar-refractivity contribution in [2.75, 3.05) is 44.3 Å². The summed E-state index contributed by atoms with van der Waals surface area (Å²) >= 11 is 0. The molecule has 2 saturated heterocycles. The van der Waals surface area contributed by atoms with E-state index in [0.717, 1.165) is 32.5 Å². The zero-order valence-electron chi connectivity index (χ0n) is 13.7. The topological polar surface area (TPSA) is 66.9 Å². The molecule has 2 atom stereocenters. The van der Waals surface area contributed by atoms with Crippen LogP contribution in [0.25, 0.3) is 0 Å². The summed E-state index contributed by atoms with van der Waals surface area (Å²) in [5.74, 6) is 0.323. The minimum Gasteiger partial charge on any atom is -0.376 e. The van der Waals surface area contributed by atoms with Crippen LogP contribution >= 0.6 is 0 Å². The lowest BCUT2D eigenvalue weighted by molar-refractivity contribution is -0.136. The Morgan fingerprint density at radius 3 is 2.45 bits per heavy atom. The molecule has 2 aliphatic rings. The Morgan fingerprint density at radius 2 is 1.95 bits per heavy atom. The molecular weight excluding hydrogens is 304 g/mol. The van der Waals surface area contributed by atoms with Crippen LogP contribution in [0.1, 0.15) is 33.1 Å². The van der Waals surface area contributed by atoms with E-state index in [1.165, 1.54) is 0 Å². The van der Waals surface area contributed by atoms with Crippen molar-refractivity contribution in [3.8, 4) is 0 Å². The predicted octanol–water partition coefficient (Wildman–Crippen LogP) is 0.523. The Kier molecular flexibility index (Phi) is 6.23. The molecule has 0 spiro atoms. The van der Waals surface area contributed by atoms with Crippen molar-refractivity contribution < 1.29 is 17.9 Å². The molecule has 0 aromatic carbocycles. The van der Waals surface area contributed by atoms with Gasteiger partial charge < -0.3 is 9.64 Å². The van der Waals surface area contributed by atoms with Crippen LogP contribution in [0.4, 0.5) is 0 Å². The maximum absolute atomic E-state index is 12.7. The number of amides is 1. The second kappa shape index (κ2) is 7.75. The number of ether oxygens (including phenoxy) is 1. The Balaban J connectivity index is 2.04. The first-order chi connectivity index (χ1) is 10.4. The Morgan fingerprint density at radius 1 is 1.23 bits per heavy atom. The molecule has 0 N–H and O–H groups in total. The van der Waals surface area contributed by atoms with Crippen molar-refractivity contribution >= 4 is 15.7 Å². The fourth-order valence-corrected chi connectivity index (χ4v) is 4.94. The second-order valence-corrected chi connectivity index (χ2v) is 8.43. The van der Waals surface area contributed by atoms with E-state index in [9.17, 15) is 13.2 Å². The third-order valence-electron chi connectivity index (χ3n) is 4.65. The standard InChI is InChI=1S/C15H28N2O4S/c1-3-16(4-2)11-15(18)17(10-14-6-5-8-21-14)13-7-9-22(19,20)12-13/h13-14H,3-12H2,1-2H3. The van der Waals surface area contributed by atoms with Crippen molar-refractivity contribution in [2.45, 2.75) is 45.3 Å². The first kappa shape index (κ1) is 17.7. The maximum Gasteiger partial charge on any atom is 0.237 e. The lowest BCUT2D eigenvalue weighted by atomic mass is 10.1. The first-order valence-electron chi connectivity index (χ1n) is 8.29. The molecule has 2 aliphatic heterocycles. The number of carbonyl (C=O) groups is 1. The lowest BCUT2D eigenvalue weighted by Gasteiger charge is -2.32. The molecule has 0 aliphatic carbocycles. The van der Waals surface area contributed by atoms with Crippen LogP contribution in [0.15, 0.2) is 0 Å². The van der Waals surface area contributed by atoms with Crippen LogP contribution in [0.3, 0.4) is 0 Å². The smallest absolute Gasteiger partial charge is 0.237 e. The van der Waals surface area contributed by atoms with Crippen molar-refractivity contribution in [1.29, 1.82) is 0 Å². The van der Waals surface area contributed by atoms with Crippen molar-refractivity contribution in [1.82, 2.24) is 9.80 Å². The summed E-state index contributed by atoms with van der Waals surface area (Å²) in [7, 11) is -3.00. The molecule has 2 rings (SSSR count). The molecular formula is C15H28N2O4S. The summed E-state index contributed by atoms with van der Waals surface area (Å²) in [6.07, 6.45) is 2.59. The van der Waals surface area contributed by atoms with E-state index in [1.54, 1.807) is 4.90 Å². The summed E-state index contributed by atoms with van der Waals surface area (Å²) in [6.45, 7) is 7.32. The van der Waals surface area contributed by atoms with E-state index in [4.69, 9.17) is 4.74 Å². The third-order valence-corrected chi connectivity index (χ3v) is 6.40. The lowest BCUT2D eigenvalue weighted by Crippen LogP contribution is -2.49. The van der Waals surface area contributed by atoms with Gasteiger partial charge in [-0.25, -0.2) is 8.42 Å². The molecule has 7 heteroatoms. The summed E-state index contributed by atoms with van der Waals surface area (Å²) in [5, 5.41) is 0. The summed E-state index contributed by atoms with van der Waals surface area (Å²) in [6, 6.07) is -0.183. The predicted molar refractivity (Wildman–Crippen MR) is 85.5 cm³/mol. The Labute approximate surface area is 133 Å². The SMILES string of the molecule is CCN(CC)CC(=O)N(CC1CCCO1)C1CCS(=O)(=O)C1. The van der Waals surface area contributed by atoms with Crippen LogP contribution in [-0.2, 0) is 19.4 Å². The van der Waals surface area contributed by atoms with Gasteiger partial charge in [0.2, 0.25) is 5.91 Å². The van der Waals surface area contributed by atoms with E-state index in [2.05, 4.69) is 4.90 Å². The molecule has 0 bridgehead atoms. The fraction of sp³-hybridized carbons (Fsp3) is 0.933. The van der Waals surface area contributed by atoms with Gasteiger partial charge in [0, 0.05) is 19.2 Å². The molecule has 1 amide bonds. The van der Waals surface area contributed by atoms with Crippen LogP contribution in [0.5, 0.6) is 0 Å². The highest BCUT2D eigenvalue weighted by molar-refractivity contribution is 7.91. The average Bonchev–Trinajstić information content (AvgIpc) is 3.11. The highest BCUT2D eigenvalue weighted by Crippen LogP contribution is 2.21. The minimum atomic E-state index is -3.00. The number of sulfone groups is 1. The van der Waals surface area contributed by atoms with Crippen molar-refractivity contribution in [3.05, 3.63) is 0 Å². The zero-order chi connectivity index (χ0) is 16.2. The zero-order valence-corrected chi connectivity index (χ0v) is 14.5. The first-order valence-corrected chi connectivity index (χ1v) is 10.1. The van der Waals surface area contributed by atoms with Crippen LogP contribution < -0.4 is 0 Å². The number of carbonyl (C=O) groups excluding carboxylic acids is 1. The quantitative estimate of drug-likeness (QED) is 0.680. The largest absolute Gasteiger partial charge is 0.376 e. The summed E-state index contributed by atoms with van der Waals surface area (Å²) in [4.78, 5) is 16.5. The van der Waals surface area contributed by atoms with Gasteiger partial charge in [-0.3, -0.25) is 9.69 Å². The molecule has 0 radical (unpaired) electrons. The molecule has 0 aromatic heterocycles. The van der Waals surface area contributed by atoms with Gasteiger partial charge in [-0.15, -0.1) is 0 Å². The van der Waals surface area contributed by atoms with E-state index in [0.29, 0.717) is 19.5 Å². The fourth-order valence-electron chi connectivity index (χ4n) is 3.21. The van der Waals surface area contributed by atoms with Crippen LogP contribution in [0, 0.1) is 0 Å². The number of nitrogens with zero attached hydrogens (tertiary/aromatic N) is 2. The molecule has 6 nitrogen and oxygen atoms in total. The number of likely N-dealkylation sites (N-methyl/N-ethyl adjacent to an activating group) is 1. The highest BCUT2D eigenvalue weighted by atomic mass is 32.2. The highest BCUT2D eigenvalue weighted by Gasteiger charge is 2.36. The third kappa shape index (κ3) is 4.67. The molecule has 128 valence electrons. The Hall–Kier alpha value is -0.660. The number of hydrogen-bond acceptors (Lipinski definition) is 5. The molecule has 2 fully saturated rings. The van der Waals surface area contributed by atoms with Gasteiger partial charge in [-0.05, 0) is 32.4 Å². The van der Waals surface area contributed by atoms with E-state index in [-0.39, 0.29) is 29.6 Å². The van der Waals surface area contributed by atoms with E-state index >= 15 is 0 Å². The van der Waals surface area contributed by atoms with Gasteiger partial charge in [0.05, 0.1) is 24.2 Å². The normalized spacial score (nSPS) is 27.4. The van der Waals surface area contributed by atoms with Gasteiger partial charge in [-0.2, -0.15) is 0 Å². The Bertz CT molecular complexity index is 470. The summed E-state index contributed by atoms with van der Waals surface area (Å²) in [5.41, 5.74) is 0. The van der Waals surface area contributed by atoms with Gasteiger partial charge >= 0.3 is 0 Å². The van der Waals surface area contributed by atoms with Crippen LogP contribution in [-0.4, -0.2) is 80.6 Å². The maximum atomic E-state index is 12.7. The second-order valence-electron chi connectivity index (χ2n) is 6.20. The van der Waals surface area contributed by atoms with Crippen LogP contribution in [0.2, 0.25) is 0 Å². The number of hydrogen-bond donors (Lipinski definition) is 0. The van der Waals surface area contributed by atoms with E-state index < -0.39 is 9.84 Å². The molecule has 2 unspecified atom stereocenters. The molecule has 2 heterocycles. The molecule has 0 aromatic rings. The van der Waals surface area contributed by atoms with Gasteiger partial charge in [0.15, 0.2) is 9.84 Å². The van der Waals surface area contributed by atoms with E-state index in [1.807, 2.05) is 13.8 Å². The average molecular weight is 332 g/mol. The van der Waals surface area contributed by atoms with Crippen molar-refractivity contribution in [2.24, 2.45) is 0 Å². The monoisotopic (exact) mass is 332 g/mol. The van der Waals surface area contributed by atoms with Gasteiger partial charge in [-0.1, -0.05) is 13.8 Å². The number of rotatable bonds is 7. The van der Waals surface area contributed by atoms with Crippen molar-refractivity contribution in [3.63, 3.8) is 0 Å². The van der Waals surface area contributed by atoms with Gasteiger partial charge in [0.1, 0.15) is 0 Å². The summed E-state index contributed by atoms with van der Waals surface area (Å²) < 4.78 is 29.2. The molecule has 22 heavy (non-hydrogen) atoms. The minimum absolute atomic E-state index is 0.0290. The molecule has 0 saturated carbocycles. The van der Waals surface area contributed by atoms with Gasteiger partial charge in [0.25, 0.3) is 0 Å².